The van der Waals surface area contributed by atoms with E-state index in [1.807, 2.05) is 0 Å². The summed E-state index contributed by atoms with van der Waals surface area (Å²) in [6, 6.07) is 0. The summed E-state index contributed by atoms with van der Waals surface area (Å²) in [5.74, 6) is -1.90. The fourth-order valence-corrected chi connectivity index (χ4v) is 2.63. The summed E-state index contributed by atoms with van der Waals surface area (Å²) in [4.78, 5) is 27.6. The van der Waals surface area contributed by atoms with Crippen LogP contribution in [0.2, 0.25) is 0 Å². The van der Waals surface area contributed by atoms with Gasteiger partial charge in [-0.15, -0.1) is 0 Å². The normalized spacial score (nSPS) is 19.1. The number of nitrogens with two attached hydrogens (primary N) is 3. The summed E-state index contributed by atoms with van der Waals surface area (Å²) in [6.07, 6.45) is 4.89. The van der Waals surface area contributed by atoms with Gasteiger partial charge in [0.1, 0.15) is 0 Å². The Morgan fingerprint density at radius 1 is 1.20 bits per heavy atom. The van der Waals surface area contributed by atoms with Gasteiger partial charge in [-0.2, -0.15) is 0 Å². The summed E-state index contributed by atoms with van der Waals surface area (Å²) < 4.78 is 0. The van der Waals surface area contributed by atoms with E-state index in [0.717, 1.165) is 32.1 Å². The molecule has 0 unspecified atom stereocenters. The van der Waals surface area contributed by atoms with Crippen LogP contribution in [0, 0.1) is 5.92 Å². The van der Waals surface area contributed by atoms with Crippen molar-refractivity contribution in [3.63, 3.8) is 0 Å². The van der Waals surface area contributed by atoms with Crippen LogP contribution in [0.1, 0.15) is 44.9 Å². The third-order valence-electron chi connectivity index (χ3n) is 3.82. The first-order chi connectivity index (χ1) is 9.38. The predicted molar refractivity (Wildman–Crippen MR) is 76.0 cm³/mol. The Hall–Kier alpha value is -1.63. The molecule has 7 nitrogen and oxygen atoms in total. The monoisotopic (exact) mass is 284 g/mol. The van der Waals surface area contributed by atoms with Crippen LogP contribution >= 0.6 is 0 Å². The van der Waals surface area contributed by atoms with Gasteiger partial charge in [0.25, 0.3) is 0 Å². The maximum absolute atomic E-state index is 12.4. The average Bonchev–Trinajstić information content (AvgIpc) is 2.43. The number of guanidine groups is 1. The molecule has 0 aromatic heterocycles. The number of aliphatic imine (C=N–C) groups is 1. The second-order valence-electron chi connectivity index (χ2n) is 5.39. The van der Waals surface area contributed by atoms with Crippen molar-refractivity contribution in [2.75, 3.05) is 6.54 Å². The maximum atomic E-state index is 12.4. The number of carbonyl (C=O) groups excluding carboxylic acids is 1. The van der Waals surface area contributed by atoms with E-state index in [1.54, 1.807) is 0 Å². The SMILES string of the molecule is NC(N)=NCCC[C@@](N)(C(=O)O)C(=O)C1CCCCC1. The van der Waals surface area contributed by atoms with Gasteiger partial charge in [0.2, 0.25) is 0 Å². The molecule has 0 spiro atoms. The average molecular weight is 284 g/mol. The summed E-state index contributed by atoms with van der Waals surface area (Å²) in [5, 5.41) is 9.31. The molecule has 20 heavy (non-hydrogen) atoms. The maximum Gasteiger partial charge on any atom is 0.331 e. The van der Waals surface area contributed by atoms with Gasteiger partial charge in [0.15, 0.2) is 17.3 Å². The van der Waals surface area contributed by atoms with Crippen molar-refractivity contribution in [3.05, 3.63) is 0 Å². The third-order valence-corrected chi connectivity index (χ3v) is 3.82. The number of aliphatic carboxylic acids is 1. The molecule has 0 aromatic rings. The fourth-order valence-electron chi connectivity index (χ4n) is 2.63. The molecule has 1 aliphatic carbocycles. The van der Waals surface area contributed by atoms with Crippen LogP contribution in [-0.4, -0.2) is 34.9 Å². The summed E-state index contributed by atoms with van der Waals surface area (Å²) in [6.45, 7) is 0.270. The number of nitrogens with zero attached hydrogens (tertiary/aromatic N) is 1. The number of hydrogen-bond donors (Lipinski definition) is 4. The van der Waals surface area contributed by atoms with E-state index in [2.05, 4.69) is 4.99 Å². The first kappa shape index (κ1) is 16.4. The minimum absolute atomic E-state index is 0.0500. The van der Waals surface area contributed by atoms with E-state index in [1.165, 1.54) is 0 Å². The fraction of sp³-hybridized carbons (Fsp3) is 0.769. The molecule has 1 fully saturated rings. The minimum Gasteiger partial charge on any atom is -0.480 e. The molecule has 0 amide bonds. The quantitative estimate of drug-likeness (QED) is 0.223. The van der Waals surface area contributed by atoms with Crippen molar-refractivity contribution in [1.29, 1.82) is 0 Å². The molecule has 0 aliphatic heterocycles. The number of carboxylic acids is 1. The summed E-state index contributed by atoms with van der Waals surface area (Å²) in [5.41, 5.74) is 14.4. The van der Waals surface area contributed by atoms with Crippen LogP contribution in [-0.2, 0) is 9.59 Å². The lowest BCUT2D eigenvalue weighted by atomic mass is 9.76. The van der Waals surface area contributed by atoms with Crippen molar-refractivity contribution in [1.82, 2.24) is 0 Å². The Kier molecular flexibility index (Phi) is 5.94. The molecule has 7 heteroatoms. The van der Waals surface area contributed by atoms with Crippen molar-refractivity contribution in [2.24, 2.45) is 28.1 Å². The molecule has 1 rings (SSSR count). The number of ketones is 1. The molecule has 0 saturated heterocycles. The number of carbonyl (C=O) groups is 2. The molecule has 1 saturated carbocycles. The van der Waals surface area contributed by atoms with E-state index < -0.39 is 11.5 Å². The van der Waals surface area contributed by atoms with Gasteiger partial charge in [-0.05, 0) is 25.7 Å². The number of hydrogen-bond acceptors (Lipinski definition) is 4. The van der Waals surface area contributed by atoms with E-state index in [9.17, 15) is 14.7 Å². The Bertz CT molecular complexity index is 387. The minimum atomic E-state index is -1.82. The zero-order valence-corrected chi connectivity index (χ0v) is 11.7. The summed E-state index contributed by atoms with van der Waals surface area (Å²) in [7, 11) is 0. The highest BCUT2D eigenvalue weighted by atomic mass is 16.4. The van der Waals surface area contributed by atoms with Gasteiger partial charge in [-0.1, -0.05) is 19.3 Å². The topological polar surface area (TPSA) is 145 Å². The van der Waals surface area contributed by atoms with Gasteiger partial charge in [0, 0.05) is 12.5 Å². The van der Waals surface area contributed by atoms with E-state index in [0.29, 0.717) is 6.42 Å². The van der Waals surface area contributed by atoms with Crippen LogP contribution < -0.4 is 17.2 Å². The lowest BCUT2D eigenvalue weighted by molar-refractivity contribution is -0.150. The smallest absolute Gasteiger partial charge is 0.331 e. The lowest BCUT2D eigenvalue weighted by Gasteiger charge is -2.29. The first-order valence-electron chi connectivity index (χ1n) is 7.00. The van der Waals surface area contributed by atoms with Gasteiger partial charge < -0.3 is 22.3 Å². The third kappa shape index (κ3) is 4.19. The van der Waals surface area contributed by atoms with Gasteiger partial charge >= 0.3 is 5.97 Å². The van der Waals surface area contributed by atoms with Gasteiger partial charge in [-0.25, -0.2) is 4.79 Å². The Morgan fingerprint density at radius 3 is 2.30 bits per heavy atom. The van der Waals surface area contributed by atoms with Crippen LogP contribution in [0.25, 0.3) is 0 Å². The molecule has 7 N–H and O–H groups in total. The van der Waals surface area contributed by atoms with E-state index >= 15 is 0 Å². The van der Waals surface area contributed by atoms with Gasteiger partial charge in [0.05, 0.1) is 0 Å². The molecule has 0 heterocycles. The van der Waals surface area contributed by atoms with Crippen LogP contribution in [0.5, 0.6) is 0 Å². The van der Waals surface area contributed by atoms with Crippen molar-refractivity contribution in [2.45, 2.75) is 50.5 Å². The molecule has 1 aliphatic rings. The van der Waals surface area contributed by atoms with Crippen molar-refractivity contribution >= 4 is 17.7 Å². The Morgan fingerprint density at radius 2 is 1.80 bits per heavy atom. The highest BCUT2D eigenvalue weighted by molar-refractivity contribution is 6.08. The second kappa shape index (κ2) is 7.23. The molecule has 1 atom stereocenters. The zero-order valence-electron chi connectivity index (χ0n) is 11.7. The molecule has 0 aromatic carbocycles. The number of carboxylic acid groups (broad SMARTS) is 1. The summed E-state index contributed by atoms with van der Waals surface area (Å²) >= 11 is 0. The largest absolute Gasteiger partial charge is 0.480 e. The first-order valence-corrected chi connectivity index (χ1v) is 7.00. The predicted octanol–water partition coefficient (Wildman–Crippen LogP) is -0.0285. The highest BCUT2D eigenvalue weighted by Gasteiger charge is 2.44. The number of rotatable bonds is 7. The van der Waals surface area contributed by atoms with Crippen molar-refractivity contribution < 1.29 is 14.7 Å². The zero-order chi connectivity index (χ0) is 15.2. The Labute approximate surface area is 118 Å². The van der Waals surface area contributed by atoms with E-state index in [4.69, 9.17) is 17.2 Å². The Balaban J connectivity index is 2.67. The molecular weight excluding hydrogens is 260 g/mol. The number of Topliss-reactive ketones (excluding diaryl/α,β-unsaturated/α-hetero) is 1. The molecular formula is C13H24N4O3. The van der Waals surface area contributed by atoms with Gasteiger partial charge in [-0.3, -0.25) is 9.79 Å². The van der Waals surface area contributed by atoms with E-state index in [-0.39, 0.29) is 30.6 Å². The molecule has 0 radical (unpaired) electrons. The van der Waals surface area contributed by atoms with Crippen LogP contribution in [0.15, 0.2) is 4.99 Å². The standard InChI is InChI=1S/C13H24N4O3/c14-12(15)17-8-4-7-13(16,11(19)20)10(18)9-5-2-1-3-6-9/h9H,1-8,16H2,(H,19,20)(H4,14,15,17)/t13-/m0/s1. The molecule has 114 valence electrons. The molecule has 0 bridgehead atoms. The van der Waals surface area contributed by atoms with Crippen molar-refractivity contribution in [3.8, 4) is 0 Å². The van der Waals surface area contributed by atoms with Crippen LogP contribution in [0.3, 0.4) is 0 Å². The van der Waals surface area contributed by atoms with Crippen LogP contribution in [0.4, 0.5) is 0 Å². The second-order valence-corrected chi connectivity index (χ2v) is 5.39. The lowest BCUT2D eigenvalue weighted by Crippen LogP contribution is -2.57. The highest BCUT2D eigenvalue weighted by Crippen LogP contribution is 2.29.